The van der Waals surface area contributed by atoms with E-state index in [0.717, 1.165) is 33.8 Å². The molecule has 0 saturated heterocycles. The molecule has 0 saturated carbocycles. The van der Waals surface area contributed by atoms with Crippen LogP contribution in [0.1, 0.15) is 25.7 Å². The summed E-state index contributed by atoms with van der Waals surface area (Å²) >= 11 is 1.63. The zero-order valence-electron chi connectivity index (χ0n) is 11.6. The van der Waals surface area contributed by atoms with Gasteiger partial charge in [0.2, 0.25) is 0 Å². The molecule has 2 aromatic rings. The van der Waals surface area contributed by atoms with Gasteiger partial charge >= 0.3 is 0 Å². The van der Waals surface area contributed by atoms with E-state index in [-0.39, 0.29) is 5.91 Å². The van der Waals surface area contributed by atoms with Gasteiger partial charge in [-0.2, -0.15) is 0 Å². The monoisotopic (exact) mass is 296 g/mol. The number of carbonyl (C=O) groups excluding carboxylic acids is 1. The summed E-state index contributed by atoms with van der Waals surface area (Å²) in [4.78, 5) is 16.6. The Labute approximate surface area is 128 Å². The molecule has 1 aromatic heterocycles. The van der Waals surface area contributed by atoms with Gasteiger partial charge in [0.05, 0.1) is 18.0 Å². The van der Waals surface area contributed by atoms with Gasteiger partial charge in [0.1, 0.15) is 0 Å². The molecule has 0 aliphatic carbocycles. The summed E-state index contributed by atoms with van der Waals surface area (Å²) in [7, 11) is 0. The first kappa shape index (κ1) is 13.9. The van der Waals surface area contributed by atoms with Crippen LogP contribution in [0.25, 0.3) is 0 Å². The fraction of sp³-hybridized carbons (Fsp3) is 0.235. The van der Waals surface area contributed by atoms with E-state index in [9.17, 15) is 4.79 Å². The highest BCUT2D eigenvalue weighted by Gasteiger charge is 2.23. The van der Waals surface area contributed by atoms with E-state index in [4.69, 9.17) is 5.73 Å². The topological polar surface area (TPSA) is 46.3 Å². The fourth-order valence-corrected chi connectivity index (χ4v) is 3.38. The van der Waals surface area contributed by atoms with Gasteiger partial charge in [0.15, 0.2) is 0 Å². The third kappa shape index (κ3) is 2.99. The third-order valence-electron chi connectivity index (χ3n) is 3.51. The standard InChI is InChI=1S/C17H16N2OS/c18-10-3-5-14-7-8-15(21-14)12-19-11-9-13-4-1-2-6-16(13)17(19)20/h1-2,4,6-8H,9-12,18H2. The summed E-state index contributed by atoms with van der Waals surface area (Å²) in [6.45, 7) is 1.80. The highest BCUT2D eigenvalue weighted by molar-refractivity contribution is 7.12. The molecule has 3 nitrogen and oxygen atoms in total. The summed E-state index contributed by atoms with van der Waals surface area (Å²) in [5.74, 6) is 6.00. The summed E-state index contributed by atoms with van der Waals surface area (Å²) in [5, 5.41) is 0. The van der Waals surface area contributed by atoms with E-state index >= 15 is 0 Å². The maximum atomic E-state index is 12.5. The quantitative estimate of drug-likeness (QED) is 0.864. The van der Waals surface area contributed by atoms with Gasteiger partial charge in [0.25, 0.3) is 5.91 Å². The van der Waals surface area contributed by atoms with Gasteiger partial charge in [-0.05, 0) is 30.2 Å². The molecule has 0 spiro atoms. The van der Waals surface area contributed by atoms with Crippen molar-refractivity contribution in [1.29, 1.82) is 0 Å². The minimum atomic E-state index is 0.125. The second-order valence-electron chi connectivity index (χ2n) is 4.91. The summed E-state index contributed by atoms with van der Waals surface area (Å²) in [6, 6.07) is 11.9. The normalized spacial score (nSPS) is 13.6. The second kappa shape index (κ2) is 6.13. The van der Waals surface area contributed by atoms with E-state index in [0.29, 0.717) is 13.1 Å². The minimum Gasteiger partial charge on any atom is -0.333 e. The number of rotatable bonds is 2. The molecule has 0 unspecified atom stereocenters. The van der Waals surface area contributed by atoms with Gasteiger partial charge in [-0.25, -0.2) is 0 Å². The van der Waals surface area contributed by atoms with Crippen molar-refractivity contribution in [3.05, 3.63) is 57.3 Å². The summed E-state index contributed by atoms with van der Waals surface area (Å²) < 4.78 is 0. The Morgan fingerprint density at radius 1 is 1.24 bits per heavy atom. The Hall–Kier alpha value is -2.09. The third-order valence-corrected chi connectivity index (χ3v) is 4.49. The maximum absolute atomic E-state index is 12.5. The van der Waals surface area contributed by atoms with Crippen LogP contribution in [0.5, 0.6) is 0 Å². The van der Waals surface area contributed by atoms with Crippen molar-refractivity contribution in [2.45, 2.75) is 13.0 Å². The lowest BCUT2D eigenvalue weighted by Gasteiger charge is -2.28. The lowest BCUT2D eigenvalue weighted by atomic mass is 9.99. The van der Waals surface area contributed by atoms with Crippen LogP contribution in [-0.4, -0.2) is 23.9 Å². The first-order valence-electron chi connectivity index (χ1n) is 6.93. The number of carbonyl (C=O) groups is 1. The molecular weight excluding hydrogens is 280 g/mol. The van der Waals surface area contributed by atoms with Crippen molar-refractivity contribution in [1.82, 2.24) is 4.90 Å². The first-order chi connectivity index (χ1) is 10.3. The Morgan fingerprint density at radius 3 is 2.95 bits per heavy atom. The van der Waals surface area contributed by atoms with Gasteiger partial charge in [-0.3, -0.25) is 4.79 Å². The SMILES string of the molecule is NCC#Cc1ccc(CN2CCc3ccccc3C2=O)s1. The number of nitrogens with two attached hydrogens (primary N) is 1. The highest BCUT2D eigenvalue weighted by Crippen LogP contribution is 2.23. The van der Waals surface area contributed by atoms with Crippen LogP contribution in [0.3, 0.4) is 0 Å². The van der Waals surface area contributed by atoms with Crippen molar-refractivity contribution in [3.63, 3.8) is 0 Å². The Morgan fingerprint density at radius 2 is 2.10 bits per heavy atom. The number of amides is 1. The van der Waals surface area contributed by atoms with Crippen molar-refractivity contribution >= 4 is 17.2 Å². The highest BCUT2D eigenvalue weighted by atomic mass is 32.1. The molecule has 2 N–H and O–H groups in total. The maximum Gasteiger partial charge on any atom is 0.254 e. The average molecular weight is 296 g/mol. The minimum absolute atomic E-state index is 0.125. The molecule has 3 rings (SSSR count). The molecule has 1 aliphatic heterocycles. The zero-order chi connectivity index (χ0) is 14.7. The average Bonchev–Trinajstić information content (AvgIpc) is 2.96. The number of hydrogen-bond acceptors (Lipinski definition) is 3. The molecule has 0 fully saturated rings. The van der Waals surface area contributed by atoms with Crippen LogP contribution in [-0.2, 0) is 13.0 Å². The molecular formula is C17H16N2OS. The van der Waals surface area contributed by atoms with E-state index in [1.807, 2.05) is 41.3 Å². The molecule has 1 aromatic carbocycles. The Bertz CT molecular complexity index is 724. The lowest BCUT2D eigenvalue weighted by Crippen LogP contribution is -2.36. The van der Waals surface area contributed by atoms with Crippen molar-refractivity contribution < 1.29 is 4.79 Å². The lowest BCUT2D eigenvalue weighted by molar-refractivity contribution is 0.0729. The molecule has 1 aliphatic rings. The molecule has 0 bridgehead atoms. The number of benzene rings is 1. The fourth-order valence-electron chi connectivity index (χ4n) is 2.48. The second-order valence-corrected chi connectivity index (χ2v) is 6.07. The molecule has 21 heavy (non-hydrogen) atoms. The summed E-state index contributed by atoms with van der Waals surface area (Å²) in [5.41, 5.74) is 7.36. The Balaban J connectivity index is 1.74. The molecule has 0 atom stereocenters. The van der Waals surface area contributed by atoms with Crippen LogP contribution in [0.2, 0.25) is 0 Å². The number of hydrogen-bond donors (Lipinski definition) is 1. The first-order valence-corrected chi connectivity index (χ1v) is 7.74. The summed E-state index contributed by atoms with van der Waals surface area (Å²) in [6.07, 6.45) is 0.924. The van der Waals surface area contributed by atoms with E-state index in [1.54, 1.807) is 11.3 Å². The molecule has 1 amide bonds. The van der Waals surface area contributed by atoms with Crippen LogP contribution < -0.4 is 5.73 Å². The van der Waals surface area contributed by atoms with Gasteiger partial charge in [-0.15, -0.1) is 11.3 Å². The number of thiophene rings is 1. The molecule has 0 radical (unpaired) electrons. The van der Waals surface area contributed by atoms with E-state index < -0.39 is 0 Å². The molecule has 106 valence electrons. The van der Waals surface area contributed by atoms with Gasteiger partial charge in [0, 0.05) is 17.0 Å². The predicted molar refractivity (Wildman–Crippen MR) is 85.1 cm³/mol. The van der Waals surface area contributed by atoms with Crippen molar-refractivity contribution in [2.75, 3.05) is 13.1 Å². The van der Waals surface area contributed by atoms with Crippen LogP contribution in [0.4, 0.5) is 0 Å². The molecule has 4 heteroatoms. The van der Waals surface area contributed by atoms with E-state index in [1.165, 1.54) is 0 Å². The smallest absolute Gasteiger partial charge is 0.254 e. The zero-order valence-corrected chi connectivity index (χ0v) is 12.5. The largest absolute Gasteiger partial charge is 0.333 e. The molecule has 2 heterocycles. The van der Waals surface area contributed by atoms with Crippen LogP contribution in [0.15, 0.2) is 36.4 Å². The van der Waals surface area contributed by atoms with Crippen LogP contribution >= 0.6 is 11.3 Å². The van der Waals surface area contributed by atoms with E-state index in [2.05, 4.69) is 11.8 Å². The van der Waals surface area contributed by atoms with Crippen LogP contribution in [0, 0.1) is 11.8 Å². The van der Waals surface area contributed by atoms with Gasteiger partial charge in [-0.1, -0.05) is 30.0 Å². The Kier molecular flexibility index (Phi) is 4.05. The number of nitrogens with zero attached hydrogens (tertiary/aromatic N) is 1. The predicted octanol–water partition coefficient (Wildman–Crippen LogP) is 2.26. The van der Waals surface area contributed by atoms with Gasteiger partial charge < -0.3 is 10.6 Å². The van der Waals surface area contributed by atoms with Crippen molar-refractivity contribution in [2.24, 2.45) is 5.73 Å². The number of fused-ring (bicyclic) bond motifs is 1. The van der Waals surface area contributed by atoms with Crippen molar-refractivity contribution in [3.8, 4) is 11.8 Å².